The zero-order valence-corrected chi connectivity index (χ0v) is 8.83. The molecule has 0 aliphatic carbocycles. The van der Waals surface area contributed by atoms with Crippen LogP contribution in [0.15, 0.2) is 24.3 Å². The van der Waals surface area contributed by atoms with Gasteiger partial charge in [-0.2, -0.15) is 0 Å². The lowest BCUT2D eigenvalue weighted by Gasteiger charge is -2.11. The van der Waals surface area contributed by atoms with Crippen LogP contribution in [-0.4, -0.2) is 12.2 Å². The topological polar surface area (TPSA) is 26.0 Å². The molecule has 0 saturated heterocycles. The first kappa shape index (κ1) is 11.2. The molecule has 2 atom stereocenters. The number of alkyl halides is 1. The Balaban J connectivity index is 2.80. The Hall–Kier alpha value is -0.890. The second-order valence-electron chi connectivity index (χ2n) is 3.94. The molecule has 14 heavy (non-hydrogen) atoms. The fraction of sp³-hybridized carbons (Fsp3) is 0.500. The van der Waals surface area contributed by atoms with Crippen molar-refractivity contribution in [3.05, 3.63) is 35.4 Å². The van der Waals surface area contributed by atoms with Gasteiger partial charge >= 0.3 is 0 Å². The van der Waals surface area contributed by atoms with Crippen LogP contribution in [0.25, 0.3) is 0 Å². The lowest BCUT2D eigenvalue weighted by molar-refractivity contribution is 0.359. The summed E-state index contributed by atoms with van der Waals surface area (Å²) in [6.07, 6.45) is 0.524. The van der Waals surface area contributed by atoms with Crippen molar-refractivity contribution in [1.82, 2.24) is 0 Å². The first-order valence-corrected chi connectivity index (χ1v) is 5.06. The normalized spacial score (nSPS) is 15.1. The van der Waals surface area contributed by atoms with E-state index in [2.05, 4.69) is 0 Å². The molecule has 0 fully saturated rings. The fourth-order valence-corrected chi connectivity index (χ4v) is 1.61. The third-order valence-electron chi connectivity index (χ3n) is 2.16. The van der Waals surface area contributed by atoms with Gasteiger partial charge in [0.15, 0.2) is 0 Å². The van der Waals surface area contributed by atoms with Crippen LogP contribution in [0.1, 0.15) is 25.0 Å². The van der Waals surface area contributed by atoms with Crippen LogP contribution < -0.4 is 5.73 Å². The quantitative estimate of drug-likeness (QED) is 0.784. The standard InChI is InChI=1S/C12H18FN/c1-9(13)7-11-5-3-4-6-12(11)8-10(2)14/h3-6,9-10H,7-8,14H2,1-2H3. The van der Waals surface area contributed by atoms with Crippen molar-refractivity contribution in [2.24, 2.45) is 5.73 Å². The molecule has 0 aliphatic rings. The summed E-state index contributed by atoms with van der Waals surface area (Å²) in [5.41, 5.74) is 7.99. The van der Waals surface area contributed by atoms with E-state index in [0.29, 0.717) is 6.42 Å². The van der Waals surface area contributed by atoms with E-state index in [1.165, 1.54) is 5.56 Å². The smallest absolute Gasteiger partial charge is 0.101 e. The Labute approximate surface area is 85.1 Å². The number of nitrogens with two attached hydrogens (primary N) is 1. The Bertz CT molecular complexity index is 252. The van der Waals surface area contributed by atoms with Crippen molar-refractivity contribution in [3.63, 3.8) is 0 Å². The molecule has 0 heterocycles. The Morgan fingerprint density at radius 2 is 1.64 bits per heavy atom. The van der Waals surface area contributed by atoms with Gasteiger partial charge in [0.1, 0.15) is 6.17 Å². The third kappa shape index (κ3) is 3.46. The van der Waals surface area contributed by atoms with Crippen molar-refractivity contribution in [2.45, 2.75) is 38.9 Å². The number of hydrogen-bond acceptors (Lipinski definition) is 1. The van der Waals surface area contributed by atoms with E-state index in [1.807, 2.05) is 31.2 Å². The number of rotatable bonds is 4. The molecule has 2 heteroatoms. The maximum absolute atomic E-state index is 12.9. The maximum atomic E-state index is 12.9. The van der Waals surface area contributed by atoms with Gasteiger partial charge in [-0.3, -0.25) is 0 Å². The largest absolute Gasteiger partial charge is 0.328 e. The summed E-state index contributed by atoms with van der Waals surface area (Å²) in [5, 5.41) is 0. The highest BCUT2D eigenvalue weighted by molar-refractivity contribution is 5.28. The second kappa shape index (κ2) is 5.11. The molecule has 0 saturated carbocycles. The van der Waals surface area contributed by atoms with Gasteiger partial charge in [-0.1, -0.05) is 24.3 Å². The van der Waals surface area contributed by atoms with Gasteiger partial charge < -0.3 is 5.73 Å². The summed E-state index contributed by atoms with van der Waals surface area (Å²) in [7, 11) is 0. The molecule has 0 bridgehead atoms. The van der Waals surface area contributed by atoms with Crippen LogP contribution in [0.3, 0.4) is 0 Å². The molecular formula is C12H18FN. The minimum absolute atomic E-state index is 0.131. The van der Waals surface area contributed by atoms with Crippen LogP contribution >= 0.6 is 0 Å². The van der Waals surface area contributed by atoms with Gasteiger partial charge in [0.05, 0.1) is 0 Å². The highest BCUT2D eigenvalue weighted by Crippen LogP contribution is 2.13. The van der Waals surface area contributed by atoms with Gasteiger partial charge in [-0.05, 0) is 31.4 Å². The molecule has 0 aliphatic heterocycles. The monoisotopic (exact) mass is 195 g/mol. The molecule has 1 rings (SSSR count). The fourth-order valence-electron chi connectivity index (χ4n) is 1.61. The zero-order chi connectivity index (χ0) is 10.6. The molecule has 1 aromatic carbocycles. The van der Waals surface area contributed by atoms with Crippen molar-refractivity contribution >= 4 is 0 Å². The van der Waals surface area contributed by atoms with Crippen molar-refractivity contribution in [2.75, 3.05) is 0 Å². The highest BCUT2D eigenvalue weighted by Gasteiger charge is 2.07. The van der Waals surface area contributed by atoms with E-state index in [-0.39, 0.29) is 6.04 Å². The van der Waals surface area contributed by atoms with Crippen molar-refractivity contribution < 1.29 is 4.39 Å². The summed E-state index contributed by atoms with van der Waals surface area (Å²) in [6.45, 7) is 3.55. The SMILES string of the molecule is CC(N)Cc1ccccc1CC(C)F. The molecule has 2 unspecified atom stereocenters. The van der Waals surface area contributed by atoms with Crippen LogP contribution in [-0.2, 0) is 12.8 Å². The molecule has 1 aromatic rings. The predicted molar refractivity (Wildman–Crippen MR) is 58.1 cm³/mol. The first-order chi connectivity index (χ1) is 6.59. The van der Waals surface area contributed by atoms with Crippen molar-refractivity contribution in [3.8, 4) is 0 Å². The van der Waals surface area contributed by atoms with E-state index in [0.717, 1.165) is 12.0 Å². The molecule has 78 valence electrons. The summed E-state index contributed by atoms with van der Waals surface area (Å²) in [5.74, 6) is 0. The average Bonchev–Trinajstić information content (AvgIpc) is 2.06. The van der Waals surface area contributed by atoms with Crippen LogP contribution in [0, 0.1) is 0 Å². The van der Waals surface area contributed by atoms with Gasteiger partial charge in [0.25, 0.3) is 0 Å². The lowest BCUT2D eigenvalue weighted by atomic mass is 9.98. The Morgan fingerprint density at radius 3 is 2.07 bits per heavy atom. The first-order valence-electron chi connectivity index (χ1n) is 5.06. The van der Waals surface area contributed by atoms with Crippen LogP contribution in [0.2, 0.25) is 0 Å². The highest BCUT2D eigenvalue weighted by atomic mass is 19.1. The van der Waals surface area contributed by atoms with E-state index in [4.69, 9.17) is 5.73 Å². The van der Waals surface area contributed by atoms with Gasteiger partial charge in [-0.15, -0.1) is 0 Å². The Kier molecular flexibility index (Phi) is 4.08. The van der Waals surface area contributed by atoms with Gasteiger partial charge in [0, 0.05) is 12.5 Å². The molecule has 2 N–H and O–H groups in total. The van der Waals surface area contributed by atoms with Crippen LogP contribution in [0.5, 0.6) is 0 Å². The lowest BCUT2D eigenvalue weighted by Crippen LogP contribution is -2.19. The molecular weight excluding hydrogens is 177 g/mol. The van der Waals surface area contributed by atoms with E-state index >= 15 is 0 Å². The van der Waals surface area contributed by atoms with Gasteiger partial charge in [-0.25, -0.2) is 4.39 Å². The minimum Gasteiger partial charge on any atom is -0.328 e. The van der Waals surface area contributed by atoms with Crippen LogP contribution in [0.4, 0.5) is 4.39 Å². The second-order valence-corrected chi connectivity index (χ2v) is 3.94. The number of hydrogen-bond donors (Lipinski definition) is 1. The summed E-state index contributed by atoms with van der Waals surface area (Å²) < 4.78 is 12.9. The summed E-state index contributed by atoms with van der Waals surface area (Å²) in [6, 6.07) is 8.06. The third-order valence-corrected chi connectivity index (χ3v) is 2.16. The Morgan fingerprint density at radius 1 is 1.14 bits per heavy atom. The summed E-state index contributed by atoms with van der Waals surface area (Å²) >= 11 is 0. The minimum atomic E-state index is -0.788. The maximum Gasteiger partial charge on any atom is 0.101 e. The molecule has 0 amide bonds. The van der Waals surface area contributed by atoms with Crippen molar-refractivity contribution in [1.29, 1.82) is 0 Å². The predicted octanol–water partition coefficient (Wildman–Crippen LogP) is 2.48. The number of halogens is 1. The van der Waals surface area contributed by atoms with Gasteiger partial charge in [0.2, 0.25) is 0 Å². The molecule has 0 aromatic heterocycles. The molecule has 1 nitrogen and oxygen atoms in total. The number of benzene rings is 1. The average molecular weight is 195 g/mol. The molecule has 0 radical (unpaired) electrons. The van der Waals surface area contributed by atoms with E-state index < -0.39 is 6.17 Å². The molecule has 0 spiro atoms. The summed E-state index contributed by atoms with van der Waals surface area (Å²) in [4.78, 5) is 0. The van der Waals surface area contributed by atoms with E-state index in [9.17, 15) is 4.39 Å². The zero-order valence-electron chi connectivity index (χ0n) is 8.83. The van der Waals surface area contributed by atoms with E-state index in [1.54, 1.807) is 6.92 Å².